The molecular weight excluding hydrogens is 472 g/mol. The SMILES string of the molecule is CCN(CC)c1ccc2c(c1)Oc1cc(C)c(Nc3c(C)cccc3C)cc1C21OC(=O)c2ccccc21. The van der Waals surface area contributed by atoms with E-state index in [1.54, 1.807) is 0 Å². The minimum Gasteiger partial charge on any atom is -0.456 e. The molecule has 1 N–H and O–H groups in total. The summed E-state index contributed by atoms with van der Waals surface area (Å²) in [5.74, 6) is 1.08. The highest BCUT2D eigenvalue weighted by Gasteiger charge is 2.53. The van der Waals surface area contributed by atoms with Crippen LogP contribution in [0.15, 0.2) is 72.8 Å². The molecule has 0 saturated carbocycles. The third-order valence-corrected chi connectivity index (χ3v) is 7.91. The molecule has 0 aliphatic carbocycles. The van der Waals surface area contributed by atoms with E-state index in [-0.39, 0.29) is 5.97 Å². The Balaban J connectivity index is 1.59. The minimum absolute atomic E-state index is 0.322. The summed E-state index contributed by atoms with van der Waals surface area (Å²) in [6.07, 6.45) is 0. The number of anilines is 3. The number of hydrogen-bond donors (Lipinski definition) is 1. The van der Waals surface area contributed by atoms with Crippen molar-refractivity contribution in [2.45, 2.75) is 40.2 Å². The maximum Gasteiger partial charge on any atom is 0.340 e. The monoisotopic (exact) mass is 504 g/mol. The van der Waals surface area contributed by atoms with Crippen molar-refractivity contribution in [3.63, 3.8) is 0 Å². The molecule has 0 bridgehead atoms. The van der Waals surface area contributed by atoms with E-state index in [1.165, 1.54) is 11.1 Å². The summed E-state index contributed by atoms with van der Waals surface area (Å²) in [5.41, 5.74) is 8.47. The second-order valence-electron chi connectivity index (χ2n) is 10.1. The van der Waals surface area contributed by atoms with E-state index in [9.17, 15) is 4.79 Å². The molecule has 4 aromatic carbocycles. The fourth-order valence-electron chi connectivity index (χ4n) is 5.87. The number of ether oxygens (including phenoxy) is 2. The Kier molecular flexibility index (Phi) is 5.68. The second-order valence-corrected chi connectivity index (χ2v) is 10.1. The maximum absolute atomic E-state index is 13.3. The molecule has 0 amide bonds. The van der Waals surface area contributed by atoms with E-state index < -0.39 is 5.60 Å². The van der Waals surface area contributed by atoms with E-state index in [1.807, 2.05) is 24.3 Å². The van der Waals surface area contributed by atoms with Gasteiger partial charge in [-0.25, -0.2) is 4.79 Å². The van der Waals surface area contributed by atoms with E-state index in [0.29, 0.717) is 17.1 Å². The molecule has 2 aliphatic rings. The van der Waals surface area contributed by atoms with Crippen LogP contribution in [0.2, 0.25) is 0 Å². The fourth-order valence-corrected chi connectivity index (χ4v) is 5.87. The van der Waals surface area contributed by atoms with Crippen LogP contribution in [-0.2, 0) is 10.3 Å². The summed E-state index contributed by atoms with van der Waals surface area (Å²) in [4.78, 5) is 15.6. The largest absolute Gasteiger partial charge is 0.456 e. The van der Waals surface area contributed by atoms with Crippen LogP contribution in [0.5, 0.6) is 11.5 Å². The molecule has 0 aromatic heterocycles. The Morgan fingerprint density at radius 3 is 2.21 bits per heavy atom. The number of rotatable bonds is 5. The fraction of sp³-hybridized carbons (Fsp3) is 0.242. The molecule has 38 heavy (non-hydrogen) atoms. The zero-order chi connectivity index (χ0) is 26.6. The van der Waals surface area contributed by atoms with Crippen molar-refractivity contribution in [2.75, 3.05) is 23.3 Å². The highest BCUT2D eigenvalue weighted by Crippen LogP contribution is 2.57. The van der Waals surface area contributed by atoms with Crippen LogP contribution in [0.25, 0.3) is 0 Å². The zero-order valence-electron chi connectivity index (χ0n) is 22.5. The molecule has 1 atom stereocenters. The number of carbonyl (C=O) groups excluding carboxylic acids is 1. The normalized spacial score (nSPS) is 16.8. The topological polar surface area (TPSA) is 50.8 Å². The van der Waals surface area contributed by atoms with Crippen LogP contribution in [0.1, 0.15) is 57.6 Å². The van der Waals surface area contributed by atoms with E-state index in [4.69, 9.17) is 9.47 Å². The average molecular weight is 505 g/mol. The number of nitrogens with one attached hydrogen (secondary N) is 1. The standard InChI is InChI=1S/C33H32N2O3/c1-6-35(7-2)23-15-16-26-30(18-23)37-29-17-22(5)28(34-31-20(3)11-10-12-21(31)4)19-27(29)33(26)25-14-9-8-13-24(25)32(36)38-33/h8-19,34H,6-7H2,1-5H3. The number of carbonyl (C=O) groups is 1. The van der Waals surface area contributed by atoms with Gasteiger partial charge in [-0.15, -0.1) is 0 Å². The van der Waals surface area contributed by atoms with Gasteiger partial charge < -0.3 is 19.7 Å². The molecule has 1 spiro atoms. The van der Waals surface area contributed by atoms with Gasteiger partial charge in [-0.05, 0) is 81.6 Å². The Bertz CT molecular complexity index is 1570. The molecule has 1 unspecified atom stereocenters. The van der Waals surface area contributed by atoms with Gasteiger partial charge in [0.05, 0.1) is 5.56 Å². The predicted molar refractivity (Wildman–Crippen MR) is 152 cm³/mol. The summed E-state index contributed by atoms with van der Waals surface area (Å²) < 4.78 is 13.0. The first-order valence-electron chi connectivity index (χ1n) is 13.3. The number of aryl methyl sites for hydroxylation is 3. The van der Waals surface area contributed by atoms with E-state index >= 15 is 0 Å². The summed E-state index contributed by atoms with van der Waals surface area (Å²) in [6, 6.07) is 24.3. The first kappa shape index (κ1) is 24.1. The van der Waals surface area contributed by atoms with Gasteiger partial charge in [-0.1, -0.05) is 36.4 Å². The summed E-state index contributed by atoms with van der Waals surface area (Å²) in [7, 11) is 0. The third-order valence-electron chi connectivity index (χ3n) is 7.91. The number of esters is 1. The van der Waals surface area contributed by atoms with E-state index in [0.717, 1.165) is 52.4 Å². The average Bonchev–Trinajstić information content (AvgIpc) is 3.20. The van der Waals surface area contributed by atoms with Gasteiger partial charge in [0.25, 0.3) is 0 Å². The van der Waals surface area contributed by atoms with Crippen molar-refractivity contribution >= 4 is 23.0 Å². The lowest BCUT2D eigenvalue weighted by Gasteiger charge is -2.37. The van der Waals surface area contributed by atoms with Crippen molar-refractivity contribution in [3.05, 3.63) is 112 Å². The number of hydrogen-bond acceptors (Lipinski definition) is 5. The summed E-state index contributed by atoms with van der Waals surface area (Å²) in [6.45, 7) is 12.3. The molecule has 2 heterocycles. The smallest absolute Gasteiger partial charge is 0.340 e. The van der Waals surface area contributed by atoms with Gasteiger partial charge in [-0.3, -0.25) is 0 Å². The number of benzene rings is 4. The molecule has 4 aromatic rings. The van der Waals surface area contributed by atoms with Crippen LogP contribution in [0.3, 0.4) is 0 Å². The molecule has 5 heteroatoms. The number of para-hydroxylation sites is 1. The Labute approximate surface area is 224 Å². The summed E-state index contributed by atoms with van der Waals surface area (Å²) in [5, 5.41) is 3.66. The second kappa shape index (κ2) is 8.95. The number of fused-ring (bicyclic) bond motifs is 6. The molecule has 0 fully saturated rings. The highest BCUT2D eigenvalue weighted by molar-refractivity contribution is 5.97. The lowest BCUT2D eigenvalue weighted by Crippen LogP contribution is -2.33. The lowest BCUT2D eigenvalue weighted by molar-refractivity contribution is 0.0224. The Morgan fingerprint density at radius 2 is 1.47 bits per heavy atom. The zero-order valence-corrected chi connectivity index (χ0v) is 22.5. The molecule has 2 aliphatic heterocycles. The van der Waals surface area contributed by atoms with Crippen LogP contribution >= 0.6 is 0 Å². The first-order valence-corrected chi connectivity index (χ1v) is 13.3. The van der Waals surface area contributed by atoms with Gasteiger partial charge >= 0.3 is 5.97 Å². The van der Waals surface area contributed by atoms with Gasteiger partial charge in [0.1, 0.15) is 11.5 Å². The molecule has 192 valence electrons. The molecule has 0 saturated heterocycles. The van der Waals surface area contributed by atoms with Crippen molar-refractivity contribution in [1.29, 1.82) is 0 Å². The van der Waals surface area contributed by atoms with Crippen molar-refractivity contribution in [2.24, 2.45) is 0 Å². The quantitative estimate of drug-likeness (QED) is 0.281. The van der Waals surface area contributed by atoms with Crippen molar-refractivity contribution in [1.82, 2.24) is 0 Å². The predicted octanol–water partition coefficient (Wildman–Crippen LogP) is 7.77. The Hall–Kier alpha value is -4.25. The number of nitrogens with zero attached hydrogens (tertiary/aromatic N) is 1. The van der Waals surface area contributed by atoms with Crippen LogP contribution < -0.4 is 15.0 Å². The van der Waals surface area contributed by atoms with Crippen molar-refractivity contribution in [3.8, 4) is 11.5 Å². The Morgan fingerprint density at radius 1 is 0.763 bits per heavy atom. The highest BCUT2D eigenvalue weighted by atomic mass is 16.6. The van der Waals surface area contributed by atoms with Crippen LogP contribution in [0, 0.1) is 20.8 Å². The minimum atomic E-state index is -1.09. The maximum atomic E-state index is 13.3. The van der Waals surface area contributed by atoms with Gasteiger partial charge in [0.2, 0.25) is 0 Å². The first-order chi connectivity index (χ1) is 18.4. The summed E-state index contributed by atoms with van der Waals surface area (Å²) >= 11 is 0. The van der Waals surface area contributed by atoms with Crippen LogP contribution in [0.4, 0.5) is 17.1 Å². The molecule has 0 radical (unpaired) electrons. The third kappa shape index (κ3) is 3.49. The van der Waals surface area contributed by atoms with Gasteiger partial charge in [0.15, 0.2) is 5.60 Å². The van der Waals surface area contributed by atoms with Crippen LogP contribution in [-0.4, -0.2) is 19.1 Å². The van der Waals surface area contributed by atoms with Crippen molar-refractivity contribution < 1.29 is 14.3 Å². The van der Waals surface area contributed by atoms with Gasteiger partial charge in [-0.2, -0.15) is 0 Å². The molecule has 6 rings (SSSR count). The van der Waals surface area contributed by atoms with E-state index in [2.05, 4.69) is 93.4 Å². The van der Waals surface area contributed by atoms with Gasteiger partial charge in [0, 0.05) is 52.9 Å². The molecule has 5 nitrogen and oxygen atoms in total. The molecular formula is C33H32N2O3. The lowest BCUT2D eigenvalue weighted by atomic mass is 9.77.